The molecule has 0 fully saturated rings. The summed E-state index contributed by atoms with van der Waals surface area (Å²) in [6, 6.07) is 15.3. The molecule has 0 bridgehead atoms. The quantitative estimate of drug-likeness (QED) is 0.561. The fourth-order valence-corrected chi connectivity index (χ4v) is 2.57. The summed E-state index contributed by atoms with van der Waals surface area (Å²) in [4.78, 5) is 24.3. The van der Waals surface area contributed by atoms with Crippen molar-refractivity contribution in [3.05, 3.63) is 65.5 Å². The second-order valence-electron chi connectivity index (χ2n) is 6.45. The number of carbonyl (C=O) groups is 1. The summed E-state index contributed by atoms with van der Waals surface area (Å²) in [6.07, 6.45) is 0.114. The van der Waals surface area contributed by atoms with E-state index in [1.54, 1.807) is 0 Å². The van der Waals surface area contributed by atoms with Gasteiger partial charge in [0.1, 0.15) is 5.75 Å². The first-order valence-corrected chi connectivity index (χ1v) is 9.18. The van der Waals surface area contributed by atoms with Gasteiger partial charge in [-0.05, 0) is 43.2 Å². The summed E-state index contributed by atoms with van der Waals surface area (Å²) >= 11 is 0. The molecule has 3 aromatic rings. The summed E-state index contributed by atoms with van der Waals surface area (Å²) in [5, 5.41) is 3.10. The normalized spacial score (nSPS) is 10.4. The van der Waals surface area contributed by atoms with Gasteiger partial charge in [0.2, 0.25) is 11.9 Å². The monoisotopic (exact) mass is 393 g/mol. The molecule has 0 radical (unpaired) electrons. The molecule has 2 aromatic carbocycles. The summed E-state index contributed by atoms with van der Waals surface area (Å²) in [7, 11) is 0. The van der Waals surface area contributed by atoms with E-state index in [4.69, 9.17) is 15.2 Å². The average Bonchev–Trinajstić information content (AvgIpc) is 2.68. The molecule has 0 aliphatic rings. The zero-order valence-electron chi connectivity index (χ0n) is 16.4. The zero-order valence-corrected chi connectivity index (χ0v) is 16.4. The molecule has 150 valence electrons. The maximum Gasteiger partial charge on any atom is 0.309 e. The van der Waals surface area contributed by atoms with E-state index in [0.29, 0.717) is 5.95 Å². The smallest absolute Gasteiger partial charge is 0.309 e. The van der Waals surface area contributed by atoms with Crippen molar-refractivity contribution in [3.63, 3.8) is 0 Å². The van der Waals surface area contributed by atoms with Gasteiger partial charge >= 0.3 is 5.97 Å². The van der Waals surface area contributed by atoms with Gasteiger partial charge in [-0.1, -0.05) is 30.3 Å². The first-order chi connectivity index (χ1) is 14.0. The van der Waals surface area contributed by atoms with Crippen LogP contribution in [0, 0.1) is 13.8 Å². The largest absolute Gasteiger partial charge is 0.493 e. The number of aryl methyl sites for hydroxylation is 2. The molecule has 1 heterocycles. The van der Waals surface area contributed by atoms with Gasteiger partial charge in [-0.15, -0.1) is 0 Å². The van der Waals surface area contributed by atoms with Gasteiger partial charge in [-0.3, -0.25) is 4.79 Å². The highest BCUT2D eigenvalue weighted by Gasteiger charge is 2.10. The maximum absolute atomic E-state index is 12.0. The van der Waals surface area contributed by atoms with Gasteiger partial charge in [0, 0.05) is 5.69 Å². The number of nitrogen functional groups attached to an aromatic ring is 1. The van der Waals surface area contributed by atoms with Crippen LogP contribution in [0.2, 0.25) is 0 Å². The van der Waals surface area contributed by atoms with Crippen molar-refractivity contribution in [2.24, 2.45) is 0 Å². The Labute approximate surface area is 169 Å². The lowest BCUT2D eigenvalue weighted by Crippen LogP contribution is -2.13. The minimum Gasteiger partial charge on any atom is -0.493 e. The van der Waals surface area contributed by atoms with Crippen LogP contribution in [0.25, 0.3) is 0 Å². The van der Waals surface area contributed by atoms with Crippen LogP contribution in [0.3, 0.4) is 0 Å². The number of rotatable bonds is 8. The van der Waals surface area contributed by atoms with E-state index in [2.05, 4.69) is 20.3 Å². The fourth-order valence-electron chi connectivity index (χ4n) is 2.57. The van der Waals surface area contributed by atoms with Crippen LogP contribution in [-0.4, -0.2) is 27.5 Å². The third-order valence-corrected chi connectivity index (χ3v) is 4.02. The highest BCUT2D eigenvalue weighted by Crippen LogP contribution is 2.18. The number of nitrogens with zero attached hydrogens (tertiary/aromatic N) is 3. The number of ether oxygens (including phenoxy) is 2. The molecule has 8 nitrogen and oxygen atoms in total. The number of benzene rings is 2. The highest BCUT2D eigenvalue weighted by atomic mass is 16.5. The number of hydrogen-bond acceptors (Lipinski definition) is 8. The van der Waals surface area contributed by atoms with Crippen LogP contribution in [0.4, 0.5) is 17.6 Å². The van der Waals surface area contributed by atoms with Crippen molar-refractivity contribution in [3.8, 4) is 5.75 Å². The van der Waals surface area contributed by atoms with Crippen LogP contribution in [-0.2, 0) is 16.1 Å². The number of para-hydroxylation sites is 1. The number of anilines is 3. The average molecular weight is 393 g/mol. The lowest BCUT2D eigenvalue weighted by atomic mass is 10.2. The molecule has 8 heteroatoms. The van der Waals surface area contributed by atoms with Gasteiger partial charge in [-0.2, -0.15) is 15.0 Å². The predicted octanol–water partition coefficient (Wildman–Crippen LogP) is 3.33. The number of aromatic nitrogens is 3. The van der Waals surface area contributed by atoms with Crippen molar-refractivity contribution in [1.82, 2.24) is 15.0 Å². The van der Waals surface area contributed by atoms with E-state index in [-0.39, 0.29) is 31.4 Å². The molecular weight excluding hydrogens is 370 g/mol. The Kier molecular flexibility index (Phi) is 6.57. The molecule has 3 rings (SSSR count). The fraction of sp³-hybridized carbons (Fsp3) is 0.238. The Morgan fingerprint density at radius 3 is 2.69 bits per heavy atom. The lowest BCUT2D eigenvalue weighted by Gasteiger charge is -2.10. The number of esters is 1. The summed E-state index contributed by atoms with van der Waals surface area (Å²) < 4.78 is 10.8. The van der Waals surface area contributed by atoms with Gasteiger partial charge in [0.05, 0.1) is 13.0 Å². The molecule has 1 aromatic heterocycles. The maximum atomic E-state index is 12.0. The Balaban J connectivity index is 1.51. The first-order valence-electron chi connectivity index (χ1n) is 9.18. The molecular formula is C21H23N5O3. The van der Waals surface area contributed by atoms with Crippen LogP contribution in [0.15, 0.2) is 48.5 Å². The molecule has 0 saturated carbocycles. The van der Waals surface area contributed by atoms with E-state index >= 15 is 0 Å². The number of carbonyl (C=O) groups excluding carboxylic acids is 1. The van der Waals surface area contributed by atoms with Crippen LogP contribution in [0.1, 0.15) is 23.4 Å². The number of hydrogen-bond donors (Lipinski definition) is 2. The second-order valence-corrected chi connectivity index (χ2v) is 6.45. The molecule has 3 N–H and O–H groups in total. The van der Waals surface area contributed by atoms with Crippen molar-refractivity contribution in [1.29, 1.82) is 0 Å². The molecule has 0 spiro atoms. The van der Waals surface area contributed by atoms with Crippen molar-refractivity contribution in [2.45, 2.75) is 26.9 Å². The van der Waals surface area contributed by atoms with E-state index in [1.807, 2.05) is 62.4 Å². The molecule has 0 amide bonds. The van der Waals surface area contributed by atoms with Gasteiger partial charge in [0.15, 0.2) is 12.4 Å². The molecule has 0 atom stereocenters. The molecule has 0 aliphatic carbocycles. The second kappa shape index (κ2) is 9.50. The molecule has 0 aliphatic heterocycles. The topological polar surface area (TPSA) is 112 Å². The van der Waals surface area contributed by atoms with Crippen molar-refractivity contribution < 1.29 is 14.3 Å². The van der Waals surface area contributed by atoms with E-state index < -0.39 is 5.97 Å². The summed E-state index contributed by atoms with van der Waals surface area (Å²) in [5.41, 5.74) is 8.73. The standard InChI is InChI=1S/C21H23N5O3/c1-14-6-5-8-16(12-14)28-11-10-19(27)29-13-18-24-20(22)26-21(25-18)23-17-9-4-3-7-15(17)2/h3-9,12H,10-11,13H2,1-2H3,(H3,22,23,24,25,26). The Hall–Kier alpha value is -3.68. The van der Waals surface area contributed by atoms with Gasteiger partial charge < -0.3 is 20.5 Å². The SMILES string of the molecule is Cc1cccc(OCCC(=O)OCc2nc(N)nc(Nc3ccccc3C)n2)c1. The predicted molar refractivity (Wildman–Crippen MR) is 110 cm³/mol. The van der Waals surface area contributed by atoms with E-state index in [1.165, 1.54) is 0 Å². The third kappa shape index (κ3) is 6.17. The Bertz CT molecular complexity index is 994. The Morgan fingerprint density at radius 2 is 1.90 bits per heavy atom. The molecule has 29 heavy (non-hydrogen) atoms. The van der Waals surface area contributed by atoms with Crippen LogP contribution < -0.4 is 15.8 Å². The van der Waals surface area contributed by atoms with Crippen LogP contribution in [0.5, 0.6) is 5.75 Å². The Morgan fingerprint density at radius 1 is 1.07 bits per heavy atom. The van der Waals surface area contributed by atoms with Crippen molar-refractivity contribution in [2.75, 3.05) is 17.7 Å². The van der Waals surface area contributed by atoms with Crippen molar-refractivity contribution >= 4 is 23.6 Å². The van der Waals surface area contributed by atoms with E-state index in [9.17, 15) is 4.79 Å². The number of nitrogens with one attached hydrogen (secondary N) is 1. The summed E-state index contributed by atoms with van der Waals surface area (Å²) in [5.74, 6) is 0.909. The summed E-state index contributed by atoms with van der Waals surface area (Å²) in [6.45, 7) is 4.07. The van der Waals surface area contributed by atoms with Crippen LogP contribution >= 0.6 is 0 Å². The van der Waals surface area contributed by atoms with Gasteiger partial charge in [-0.25, -0.2) is 0 Å². The minimum atomic E-state index is -0.412. The molecule has 0 saturated heterocycles. The molecule has 0 unspecified atom stereocenters. The zero-order chi connectivity index (χ0) is 20.6. The highest BCUT2D eigenvalue weighted by molar-refractivity contribution is 5.69. The third-order valence-electron chi connectivity index (χ3n) is 4.02. The van der Waals surface area contributed by atoms with Gasteiger partial charge in [0.25, 0.3) is 0 Å². The van der Waals surface area contributed by atoms with E-state index in [0.717, 1.165) is 22.6 Å². The number of nitrogens with two attached hydrogens (primary N) is 1. The minimum absolute atomic E-state index is 0.0462. The lowest BCUT2D eigenvalue weighted by molar-refractivity contribution is -0.145. The first kappa shape index (κ1) is 20.1.